The van der Waals surface area contributed by atoms with Crippen LogP contribution in [-0.2, 0) is 19.1 Å². The van der Waals surface area contributed by atoms with Gasteiger partial charge in [-0.05, 0) is 82.9 Å². The van der Waals surface area contributed by atoms with E-state index in [9.17, 15) is 24.6 Å². The molecule has 14 heteroatoms. The van der Waals surface area contributed by atoms with Crippen LogP contribution in [-0.4, -0.2) is 78.6 Å². The first kappa shape index (κ1) is 40.8. The molecule has 4 rings (SSSR count). The number of nitrogens with zero attached hydrogens (tertiary/aromatic N) is 2. The topological polar surface area (TPSA) is 153 Å². The summed E-state index contributed by atoms with van der Waals surface area (Å²) in [6.45, 7) is 12.8. The van der Waals surface area contributed by atoms with Gasteiger partial charge in [-0.2, -0.15) is 0 Å². The maximum Gasteiger partial charge on any atom is 0.258 e. The number of hydrogen-bond donors (Lipinski definition) is 5. The van der Waals surface area contributed by atoms with Gasteiger partial charge in [-0.25, -0.2) is 5.43 Å². The number of aromatic nitrogens is 1. The first-order chi connectivity index (χ1) is 23.8. The summed E-state index contributed by atoms with van der Waals surface area (Å²) in [5.74, 6) is -1.15. The number of amides is 3. The first-order valence-electron chi connectivity index (χ1n) is 17.4. The van der Waals surface area contributed by atoms with Crippen molar-refractivity contribution < 1.29 is 29.3 Å². The highest BCUT2D eigenvalue weighted by molar-refractivity contribution is 6.67. The lowest BCUT2D eigenvalue weighted by atomic mass is 9.68. The average molecular weight is 767 g/mol. The standard InChI is InChI=1S/C37H50Cl3N5O6/c1-22(2)31(32(47)41-23(3)33(48)45-19-7-8-29(44-45)25(5)51-21-37(38,39)40)43-34(49)36(17-15-35(6,50)16-18-36)14-13-26-9-10-27-11-12-28(24(4)46)42-30(27)20-26/h9-14,20,22-24,29,31,44,46,50H,5,7-8,15-19,21H2,1-4,6H3,(H,41,47)(H,43,49). The molecular weight excluding hydrogens is 717 g/mol. The molecule has 2 fully saturated rings. The summed E-state index contributed by atoms with van der Waals surface area (Å²) in [4.78, 5) is 45.9. The molecule has 0 spiro atoms. The molecule has 1 aliphatic heterocycles. The zero-order valence-corrected chi connectivity index (χ0v) is 32.1. The van der Waals surface area contributed by atoms with E-state index in [2.05, 4.69) is 27.6 Å². The number of pyridine rings is 1. The lowest BCUT2D eigenvalue weighted by Gasteiger charge is -2.41. The number of nitrogens with one attached hydrogen (secondary N) is 3. The molecule has 4 unspecified atom stereocenters. The minimum absolute atomic E-state index is 0.194. The smallest absolute Gasteiger partial charge is 0.258 e. The van der Waals surface area contributed by atoms with Crippen molar-refractivity contribution in [2.75, 3.05) is 13.2 Å². The van der Waals surface area contributed by atoms with Gasteiger partial charge in [-0.15, -0.1) is 0 Å². The van der Waals surface area contributed by atoms with Crippen molar-refractivity contribution in [3.8, 4) is 0 Å². The SMILES string of the molecule is C=C(OCC(Cl)(Cl)Cl)C1CCCN(C(=O)C(C)NC(=O)C(NC(=O)C2(C=Cc3ccc4ccc(C(C)O)nc4c3)CCC(C)(O)CC2)C(C)C)N1. The number of hydrazine groups is 1. The van der Waals surface area contributed by atoms with E-state index in [1.165, 1.54) is 5.01 Å². The van der Waals surface area contributed by atoms with Gasteiger partial charge in [0, 0.05) is 11.9 Å². The first-order valence-corrected chi connectivity index (χ1v) is 18.5. The molecule has 1 aromatic heterocycles. The number of fused-ring (bicyclic) bond motifs is 1. The van der Waals surface area contributed by atoms with Crippen LogP contribution >= 0.6 is 34.8 Å². The molecule has 11 nitrogen and oxygen atoms in total. The number of alkyl halides is 3. The Bertz CT molecular complexity index is 1620. The van der Waals surface area contributed by atoms with E-state index in [4.69, 9.17) is 39.5 Å². The maximum atomic E-state index is 14.2. The Labute approximate surface area is 315 Å². The third-order valence-corrected chi connectivity index (χ3v) is 9.99. The van der Waals surface area contributed by atoms with Crippen LogP contribution < -0.4 is 16.1 Å². The molecule has 2 heterocycles. The number of carbonyl (C=O) groups is 3. The molecule has 1 saturated carbocycles. The largest absolute Gasteiger partial charge is 0.492 e. The molecule has 51 heavy (non-hydrogen) atoms. The van der Waals surface area contributed by atoms with E-state index in [-0.39, 0.29) is 24.3 Å². The number of hydrogen-bond acceptors (Lipinski definition) is 8. The van der Waals surface area contributed by atoms with Gasteiger partial charge in [0.2, 0.25) is 15.6 Å². The molecule has 0 bridgehead atoms. The Morgan fingerprint density at radius 2 is 1.78 bits per heavy atom. The Balaban J connectivity index is 1.46. The maximum absolute atomic E-state index is 14.2. The van der Waals surface area contributed by atoms with E-state index in [0.717, 1.165) is 16.5 Å². The number of rotatable bonds is 12. The van der Waals surface area contributed by atoms with Crippen LogP contribution in [0.3, 0.4) is 0 Å². The summed E-state index contributed by atoms with van der Waals surface area (Å²) in [6, 6.07) is 7.23. The van der Waals surface area contributed by atoms with Gasteiger partial charge in [0.15, 0.2) is 0 Å². The number of ether oxygens (including phenoxy) is 1. The molecule has 2 aliphatic rings. The summed E-state index contributed by atoms with van der Waals surface area (Å²) in [7, 11) is 0. The van der Waals surface area contributed by atoms with Crippen molar-refractivity contribution in [2.45, 2.75) is 107 Å². The monoisotopic (exact) mass is 765 g/mol. The van der Waals surface area contributed by atoms with Crippen LogP contribution in [0.4, 0.5) is 0 Å². The molecule has 4 atom stereocenters. The summed E-state index contributed by atoms with van der Waals surface area (Å²) < 4.78 is 3.89. The molecule has 1 aliphatic carbocycles. The van der Waals surface area contributed by atoms with Crippen LogP contribution in [0, 0.1) is 11.3 Å². The minimum Gasteiger partial charge on any atom is -0.492 e. The highest BCUT2D eigenvalue weighted by atomic mass is 35.6. The molecule has 1 saturated heterocycles. The van der Waals surface area contributed by atoms with Gasteiger partial charge in [0.1, 0.15) is 24.4 Å². The summed E-state index contributed by atoms with van der Waals surface area (Å²) in [5.41, 5.74) is 3.30. The Morgan fingerprint density at radius 1 is 1.12 bits per heavy atom. The molecule has 0 radical (unpaired) electrons. The summed E-state index contributed by atoms with van der Waals surface area (Å²) in [5, 5.41) is 28.9. The van der Waals surface area contributed by atoms with Crippen molar-refractivity contribution in [2.24, 2.45) is 11.3 Å². The van der Waals surface area contributed by atoms with Crippen LogP contribution in [0.25, 0.3) is 17.0 Å². The van der Waals surface area contributed by atoms with Crippen molar-refractivity contribution in [1.82, 2.24) is 26.1 Å². The molecule has 280 valence electrons. The van der Waals surface area contributed by atoms with E-state index >= 15 is 0 Å². The van der Waals surface area contributed by atoms with Gasteiger partial charge in [-0.3, -0.25) is 24.4 Å². The van der Waals surface area contributed by atoms with Crippen LogP contribution in [0.2, 0.25) is 0 Å². The Morgan fingerprint density at radius 3 is 2.41 bits per heavy atom. The summed E-state index contributed by atoms with van der Waals surface area (Å²) in [6.07, 6.45) is 5.89. The van der Waals surface area contributed by atoms with E-state index in [1.807, 2.05) is 50.3 Å². The van der Waals surface area contributed by atoms with Gasteiger partial charge in [-0.1, -0.05) is 85.6 Å². The van der Waals surface area contributed by atoms with Crippen molar-refractivity contribution in [1.29, 1.82) is 0 Å². The minimum atomic E-state index is -1.61. The lowest BCUT2D eigenvalue weighted by molar-refractivity contribution is -0.142. The predicted octanol–water partition coefficient (Wildman–Crippen LogP) is 5.65. The van der Waals surface area contributed by atoms with Gasteiger partial charge >= 0.3 is 0 Å². The lowest BCUT2D eigenvalue weighted by Crippen LogP contribution is -2.60. The second kappa shape index (κ2) is 16.8. The summed E-state index contributed by atoms with van der Waals surface area (Å²) >= 11 is 17.4. The Kier molecular flexibility index (Phi) is 13.5. The quantitative estimate of drug-likeness (QED) is 0.137. The van der Waals surface area contributed by atoms with E-state index in [1.54, 1.807) is 26.8 Å². The molecule has 5 N–H and O–H groups in total. The number of halogens is 3. The molecule has 3 amide bonds. The average Bonchev–Trinajstić information content (AvgIpc) is 3.07. The number of aliphatic hydroxyl groups is 2. The number of carbonyl (C=O) groups excluding carboxylic acids is 3. The fourth-order valence-corrected chi connectivity index (χ4v) is 6.48. The van der Waals surface area contributed by atoms with Crippen molar-refractivity contribution in [3.05, 3.63) is 60.0 Å². The fourth-order valence-electron chi connectivity index (χ4n) is 6.32. The fraction of sp³-hybridized carbons (Fsp3) is 0.568. The molecule has 1 aromatic carbocycles. The van der Waals surface area contributed by atoms with E-state index in [0.29, 0.717) is 56.5 Å². The van der Waals surface area contributed by atoms with Gasteiger partial charge in [0.05, 0.1) is 34.4 Å². The zero-order chi connectivity index (χ0) is 37.7. The zero-order valence-electron chi connectivity index (χ0n) is 29.8. The second-order valence-corrected chi connectivity index (χ2v) is 17.0. The van der Waals surface area contributed by atoms with E-state index < -0.39 is 44.9 Å². The normalized spacial score (nSPS) is 24.6. The second-order valence-electron chi connectivity index (χ2n) is 14.5. The van der Waals surface area contributed by atoms with Crippen LogP contribution in [0.15, 0.2) is 48.7 Å². The highest BCUT2D eigenvalue weighted by Gasteiger charge is 2.44. The third kappa shape index (κ3) is 11.0. The number of aliphatic hydroxyl groups excluding tert-OH is 1. The van der Waals surface area contributed by atoms with Gasteiger partial charge < -0.3 is 25.6 Å². The van der Waals surface area contributed by atoms with Crippen molar-refractivity contribution in [3.63, 3.8) is 0 Å². The third-order valence-electron chi connectivity index (χ3n) is 9.66. The van der Waals surface area contributed by atoms with Crippen molar-refractivity contribution >= 4 is 69.5 Å². The van der Waals surface area contributed by atoms with Gasteiger partial charge in [0.25, 0.3) is 5.91 Å². The van der Waals surface area contributed by atoms with Crippen LogP contribution in [0.5, 0.6) is 0 Å². The number of benzene rings is 1. The highest BCUT2D eigenvalue weighted by Crippen LogP contribution is 2.43. The Hall–Kier alpha value is -2.93. The molecular formula is C37H50Cl3N5O6. The van der Waals surface area contributed by atoms with Crippen LogP contribution in [0.1, 0.15) is 90.5 Å². The predicted molar refractivity (Wildman–Crippen MR) is 201 cm³/mol. The molecule has 2 aromatic rings.